The van der Waals surface area contributed by atoms with E-state index in [-0.39, 0.29) is 0 Å². The van der Waals surface area contributed by atoms with E-state index in [1.54, 1.807) is 17.8 Å². The van der Waals surface area contributed by atoms with Gasteiger partial charge in [-0.25, -0.2) is 0 Å². The lowest BCUT2D eigenvalue weighted by atomic mass is 10.00. The minimum Gasteiger partial charge on any atom is -0.283 e. The summed E-state index contributed by atoms with van der Waals surface area (Å²) in [5.41, 5.74) is 1.42. The first-order valence-corrected chi connectivity index (χ1v) is 7.48. The Kier molecular flexibility index (Phi) is 3.76. The summed E-state index contributed by atoms with van der Waals surface area (Å²) in [6.45, 7) is 0.602. The number of hydrogen-bond acceptors (Lipinski definition) is 2. The van der Waals surface area contributed by atoms with E-state index < -0.39 is 11.7 Å². The molecular weight excluding hydrogens is 295 g/mol. The largest absolute Gasteiger partial charge is 0.416 e. The molecule has 3 rings (SSSR count). The molecule has 0 fully saturated rings. The van der Waals surface area contributed by atoms with Gasteiger partial charge in [0.25, 0.3) is 0 Å². The van der Waals surface area contributed by atoms with Gasteiger partial charge < -0.3 is 0 Å². The predicted octanol–water partition coefficient (Wildman–Crippen LogP) is 4.65. The number of halogens is 3. The molecule has 1 aliphatic heterocycles. The molecule has 0 unspecified atom stereocenters. The third kappa shape index (κ3) is 2.97. The molecule has 0 saturated heterocycles. The van der Waals surface area contributed by atoms with Crippen molar-refractivity contribution in [3.05, 3.63) is 65.2 Å². The second-order valence-electron chi connectivity index (χ2n) is 4.65. The molecule has 2 aromatic carbocycles. The number of rotatable bonds is 1. The third-order valence-corrected chi connectivity index (χ3v) is 4.28. The number of thioether (sulfide) groups is 1. The topological polar surface area (TPSA) is 12.4 Å². The van der Waals surface area contributed by atoms with Gasteiger partial charge in [0.1, 0.15) is 0 Å². The van der Waals surface area contributed by atoms with Crippen LogP contribution in [0.3, 0.4) is 0 Å². The summed E-state index contributed by atoms with van der Waals surface area (Å²) in [4.78, 5) is 5.34. The zero-order valence-corrected chi connectivity index (χ0v) is 11.8. The molecular formula is C16H12F3NS. The van der Waals surface area contributed by atoms with Crippen LogP contribution in [0.1, 0.15) is 16.7 Å². The van der Waals surface area contributed by atoms with Gasteiger partial charge in [0.2, 0.25) is 0 Å². The van der Waals surface area contributed by atoms with E-state index in [1.165, 1.54) is 6.07 Å². The summed E-state index contributed by atoms with van der Waals surface area (Å²) in [5.74, 6) is 0.773. The van der Waals surface area contributed by atoms with E-state index in [0.29, 0.717) is 17.8 Å². The van der Waals surface area contributed by atoms with E-state index >= 15 is 0 Å². The van der Waals surface area contributed by atoms with Crippen LogP contribution in [-0.4, -0.2) is 18.0 Å². The molecule has 0 spiro atoms. The van der Waals surface area contributed by atoms with Crippen LogP contribution in [0.5, 0.6) is 0 Å². The fraction of sp³-hybridized carbons (Fsp3) is 0.188. The average Bonchev–Trinajstić information content (AvgIpc) is 2.69. The molecule has 0 saturated carbocycles. The fourth-order valence-electron chi connectivity index (χ4n) is 2.26. The van der Waals surface area contributed by atoms with E-state index in [0.717, 1.165) is 22.3 Å². The van der Waals surface area contributed by atoms with E-state index in [4.69, 9.17) is 0 Å². The van der Waals surface area contributed by atoms with Gasteiger partial charge in [-0.3, -0.25) is 4.99 Å². The second kappa shape index (κ2) is 5.56. The Morgan fingerprint density at radius 3 is 2.48 bits per heavy atom. The number of hydrogen-bond donors (Lipinski definition) is 0. The summed E-state index contributed by atoms with van der Waals surface area (Å²) >= 11 is 1.55. The third-order valence-electron chi connectivity index (χ3n) is 3.23. The van der Waals surface area contributed by atoms with Crippen LogP contribution in [0.25, 0.3) is 0 Å². The molecule has 5 heteroatoms. The highest BCUT2D eigenvalue weighted by Gasteiger charge is 2.31. The normalized spacial score (nSPS) is 15.1. The molecule has 1 heterocycles. The minimum absolute atomic E-state index is 0.568. The smallest absolute Gasteiger partial charge is 0.283 e. The van der Waals surface area contributed by atoms with Crippen molar-refractivity contribution in [2.24, 2.45) is 4.99 Å². The van der Waals surface area contributed by atoms with Crippen LogP contribution < -0.4 is 0 Å². The highest BCUT2D eigenvalue weighted by atomic mass is 32.2. The van der Waals surface area contributed by atoms with Crippen LogP contribution in [0.2, 0.25) is 0 Å². The summed E-state index contributed by atoms with van der Waals surface area (Å²) in [7, 11) is 0. The van der Waals surface area contributed by atoms with Crippen molar-refractivity contribution in [3.8, 4) is 0 Å². The van der Waals surface area contributed by atoms with Crippen molar-refractivity contribution in [2.45, 2.75) is 11.1 Å². The van der Waals surface area contributed by atoms with Crippen LogP contribution >= 0.6 is 11.8 Å². The molecule has 0 N–H and O–H groups in total. The molecule has 0 amide bonds. The SMILES string of the molecule is FC(F)(F)c1ccc2c(c1)C(c1ccccc1)=NCCS2. The Hall–Kier alpha value is -1.75. The van der Waals surface area contributed by atoms with Crippen LogP contribution in [0.15, 0.2) is 58.4 Å². The zero-order valence-electron chi connectivity index (χ0n) is 11.0. The van der Waals surface area contributed by atoms with Gasteiger partial charge in [-0.1, -0.05) is 30.3 Å². The van der Waals surface area contributed by atoms with Crippen LogP contribution in [-0.2, 0) is 6.18 Å². The van der Waals surface area contributed by atoms with Crippen LogP contribution in [0.4, 0.5) is 13.2 Å². The Morgan fingerprint density at radius 2 is 1.76 bits per heavy atom. The van der Waals surface area contributed by atoms with Gasteiger partial charge in [0.05, 0.1) is 11.3 Å². The molecule has 0 bridgehead atoms. The van der Waals surface area contributed by atoms with Gasteiger partial charge in [0, 0.05) is 28.3 Å². The summed E-state index contributed by atoms with van der Waals surface area (Å²) in [6.07, 6.45) is -4.34. The van der Waals surface area contributed by atoms with E-state index in [2.05, 4.69) is 4.99 Å². The Morgan fingerprint density at radius 1 is 1.00 bits per heavy atom. The Labute approximate surface area is 124 Å². The molecule has 1 aliphatic rings. The molecule has 108 valence electrons. The maximum absolute atomic E-state index is 12.9. The van der Waals surface area contributed by atoms with Crippen molar-refractivity contribution in [3.63, 3.8) is 0 Å². The molecule has 0 atom stereocenters. The lowest BCUT2D eigenvalue weighted by Gasteiger charge is -2.13. The van der Waals surface area contributed by atoms with Gasteiger partial charge in [0.15, 0.2) is 0 Å². The molecule has 2 aromatic rings. The first kappa shape index (κ1) is 14.2. The van der Waals surface area contributed by atoms with Crippen molar-refractivity contribution in [2.75, 3.05) is 12.3 Å². The first-order valence-electron chi connectivity index (χ1n) is 6.50. The lowest BCUT2D eigenvalue weighted by molar-refractivity contribution is -0.137. The predicted molar refractivity (Wildman–Crippen MR) is 79.1 cm³/mol. The van der Waals surface area contributed by atoms with Gasteiger partial charge >= 0.3 is 6.18 Å². The highest BCUT2D eigenvalue weighted by molar-refractivity contribution is 7.99. The minimum atomic E-state index is -4.34. The maximum atomic E-state index is 12.9. The number of benzene rings is 2. The Balaban J connectivity index is 2.15. The Bertz CT molecular complexity index is 678. The van der Waals surface area contributed by atoms with Crippen molar-refractivity contribution in [1.29, 1.82) is 0 Å². The molecule has 1 nitrogen and oxygen atoms in total. The molecule has 0 aromatic heterocycles. The number of aliphatic imine (C=N–C) groups is 1. The summed E-state index contributed by atoms with van der Waals surface area (Å²) in [6, 6.07) is 13.2. The first-order chi connectivity index (χ1) is 10.1. The van der Waals surface area contributed by atoms with Gasteiger partial charge in [-0.15, -0.1) is 11.8 Å². The van der Waals surface area contributed by atoms with Crippen molar-refractivity contribution >= 4 is 17.5 Å². The van der Waals surface area contributed by atoms with E-state index in [9.17, 15) is 13.2 Å². The number of nitrogens with zero attached hydrogens (tertiary/aromatic N) is 1. The van der Waals surface area contributed by atoms with Crippen LogP contribution in [0, 0.1) is 0 Å². The summed E-state index contributed by atoms with van der Waals surface area (Å²) < 4.78 is 38.8. The maximum Gasteiger partial charge on any atom is 0.416 e. The average molecular weight is 307 g/mol. The molecule has 0 radical (unpaired) electrons. The second-order valence-corrected chi connectivity index (χ2v) is 5.79. The molecule has 21 heavy (non-hydrogen) atoms. The van der Waals surface area contributed by atoms with Crippen molar-refractivity contribution < 1.29 is 13.2 Å². The number of fused-ring (bicyclic) bond motifs is 1. The van der Waals surface area contributed by atoms with E-state index in [1.807, 2.05) is 30.3 Å². The number of alkyl halides is 3. The quantitative estimate of drug-likeness (QED) is 0.747. The standard InChI is InChI=1S/C16H12F3NS/c17-16(18,19)12-6-7-14-13(10-12)15(20-8-9-21-14)11-4-2-1-3-5-11/h1-7,10H,8-9H2. The zero-order chi connectivity index (χ0) is 14.9. The highest BCUT2D eigenvalue weighted by Crippen LogP contribution is 2.35. The van der Waals surface area contributed by atoms with Gasteiger partial charge in [-0.05, 0) is 18.2 Å². The lowest BCUT2D eigenvalue weighted by Crippen LogP contribution is -2.10. The monoisotopic (exact) mass is 307 g/mol. The van der Waals surface area contributed by atoms with Crippen molar-refractivity contribution in [1.82, 2.24) is 0 Å². The molecule has 0 aliphatic carbocycles. The summed E-state index contributed by atoms with van der Waals surface area (Å²) in [5, 5.41) is 0. The fourth-order valence-corrected chi connectivity index (χ4v) is 3.14. The van der Waals surface area contributed by atoms with Gasteiger partial charge in [-0.2, -0.15) is 13.2 Å².